The van der Waals surface area contributed by atoms with Crippen molar-refractivity contribution in [1.29, 1.82) is 0 Å². The fourth-order valence-corrected chi connectivity index (χ4v) is 11.7. The van der Waals surface area contributed by atoms with Gasteiger partial charge in [-0.15, -0.1) is 11.8 Å². The van der Waals surface area contributed by atoms with Crippen molar-refractivity contribution in [2.24, 2.45) is 29.6 Å². The highest BCUT2D eigenvalue weighted by Gasteiger charge is 2.69. The van der Waals surface area contributed by atoms with Crippen LogP contribution in [0.3, 0.4) is 0 Å². The number of carbonyl (C=O) groups is 3. The number of hydrogen-bond donors (Lipinski definition) is 2. The summed E-state index contributed by atoms with van der Waals surface area (Å²) in [6, 6.07) is 28.6. The molecule has 0 radical (unpaired) electrons. The fourth-order valence-electron chi connectivity index (χ4n) is 8.83. The lowest BCUT2D eigenvalue weighted by Crippen LogP contribution is -2.42. The second kappa shape index (κ2) is 11.6. The average Bonchev–Trinajstić information content (AvgIpc) is 3.86. The zero-order valence-corrected chi connectivity index (χ0v) is 28.0. The number of nitrogens with zero attached hydrogens (tertiary/aromatic N) is 1. The number of hydrogen-bond acceptors (Lipinski definition) is 8. The van der Waals surface area contributed by atoms with Crippen molar-refractivity contribution in [3.63, 3.8) is 0 Å². The number of anilines is 2. The van der Waals surface area contributed by atoms with Gasteiger partial charge in [-0.25, -0.2) is 0 Å². The summed E-state index contributed by atoms with van der Waals surface area (Å²) in [6.07, 6.45) is 0.804. The Kier molecular flexibility index (Phi) is 7.17. The zero-order chi connectivity index (χ0) is 33.4. The normalized spacial score (nSPS) is 26.4. The summed E-state index contributed by atoms with van der Waals surface area (Å²) in [6.45, 7) is -0.211. The molecule has 9 nitrogen and oxygen atoms in total. The minimum absolute atomic E-state index is 0.00580. The lowest BCUT2D eigenvalue weighted by Gasteiger charge is -2.43. The van der Waals surface area contributed by atoms with E-state index < -0.39 is 0 Å². The quantitative estimate of drug-likeness (QED) is 0.193. The Balaban J connectivity index is 0.992. The highest BCUT2D eigenvalue weighted by atomic mass is 32.2. The Morgan fingerprint density at radius 3 is 2.43 bits per heavy atom. The van der Waals surface area contributed by atoms with Gasteiger partial charge in [-0.2, -0.15) is 0 Å². The van der Waals surface area contributed by atoms with E-state index >= 15 is 0 Å². The molecular weight excluding hydrogens is 659 g/mol. The summed E-state index contributed by atoms with van der Waals surface area (Å²) in [5, 5.41) is 5.93. The molecule has 2 aliphatic heterocycles. The van der Waals surface area contributed by atoms with Crippen LogP contribution >= 0.6 is 23.1 Å². The highest BCUT2D eigenvalue weighted by molar-refractivity contribution is 8.00. The smallest absolute Gasteiger partial charge is 0.305 e. The number of rotatable bonds is 7. The summed E-state index contributed by atoms with van der Waals surface area (Å²) >= 11 is 2.86. The van der Waals surface area contributed by atoms with Gasteiger partial charge in [0.2, 0.25) is 11.8 Å². The third kappa shape index (κ3) is 4.81. The molecule has 2 bridgehead atoms. The molecule has 4 aliphatic rings. The van der Waals surface area contributed by atoms with Crippen molar-refractivity contribution in [2.75, 3.05) is 23.9 Å². The van der Waals surface area contributed by atoms with Gasteiger partial charge in [-0.05, 0) is 76.9 Å². The molecular formula is C38H31N3O6S2. The van der Waals surface area contributed by atoms with Crippen LogP contribution in [0.4, 0.5) is 11.4 Å². The molecule has 2 N–H and O–H groups in total. The number of ether oxygens (including phenoxy) is 2. The minimum atomic E-state index is -0.384. The molecule has 2 aliphatic carbocycles. The van der Waals surface area contributed by atoms with Crippen LogP contribution in [-0.2, 0) is 14.4 Å². The maximum Gasteiger partial charge on any atom is 0.305 e. The third-order valence-corrected chi connectivity index (χ3v) is 13.3. The van der Waals surface area contributed by atoms with E-state index in [0.29, 0.717) is 22.9 Å². The number of benzene rings is 4. The lowest BCUT2D eigenvalue weighted by molar-refractivity contribution is -0.123. The van der Waals surface area contributed by atoms with Gasteiger partial charge < -0.3 is 19.8 Å². The van der Waals surface area contributed by atoms with Gasteiger partial charge in [0.15, 0.2) is 18.1 Å². The number of para-hydroxylation sites is 1. The van der Waals surface area contributed by atoms with Crippen LogP contribution in [0.2, 0.25) is 0 Å². The molecule has 4 aromatic carbocycles. The number of fused-ring (bicyclic) bond motifs is 10. The summed E-state index contributed by atoms with van der Waals surface area (Å²) in [7, 11) is 1.56. The molecule has 0 spiro atoms. The van der Waals surface area contributed by atoms with Crippen LogP contribution in [0.25, 0.3) is 10.8 Å². The summed E-state index contributed by atoms with van der Waals surface area (Å²) in [4.78, 5) is 58.6. The molecule has 1 saturated heterocycles. The van der Waals surface area contributed by atoms with Crippen LogP contribution in [0.1, 0.15) is 22.8 Å². The van der Waals surface area contributed by atoms with Crippen LogP contribution in [0.15, 0.2) is 101 Å². The van der Waals surface area contributed by atoms with Crippen LogP contribution in [0.5, 0.6) is 11.5 Å². The van der Waals surface area contributed by atoms with E-state index in [2.05, 4.69) is 10.3 Å². The number of H-pyrrole nitrogens is 1. The Morgan fingerprint density at radius 2 is 1.63 bits per heavy atom. The number of carbonyl (C=O) groups excluding carboxylic acids is 3. The molecule has 5 aromatic rings. The molecule has 3 fully saturated rings. The number of methoxy groups -OCH3 is 1. The number of aromatic nitrogens is 1. The van der Waals surface area contributed by atoms with Gasteiger partial charge in [0.05, 0.1) is 29.7 Å². The molecule has 3 heterocycles. The minimum Gasteiger partial charge on any atom is -0.493 e. The molecule has 4 unspecified atom stereocenters. The van der Waals surface area contributed by atoms with Gasteiger partial charge in [0.25, 0.3) is 5.91 Å². The number of thiazole rings is 1. The standard InChI is InChI=1S/C38H31N3O6S2/c1-46-27-16-21(12-14-26(27)47-18-28(42)39-22-13-11-19-7-5-6-8-20(19)15-22)29-30-24-17-25(33(30)48-35-34(29)49-38(45)40-35)32-31(24)36(43)41(37(32)44)23-9-3-2-4-10-23/h2-16,24-25,29-33H,17-18H2,1H3,(H,39,42)(H,40,45)/t24-,25-,29-,30?,31?,32?,33?/m1/s1. The first-order chi connectivity index (χ1) is 23.9. The lowest BCUT2D eigenvalue weighted by atomic mass is 9.68. The summed E-state index contributed by atoms with van der Waals surface area (Å²) < 4.78 is 11.7. The van der Waals surface area contributed by atoms with E-state index in [0.717, 1.165) is 32.7 Å². The second-order valence-electron chi connectivity index (χ2n) is 13.1. The predicted molar refractivity (Wildman–Crippen MR) is 188 cm³/mol. The number of aromatic amines is 1. The number of nitrogens with one attached hydrogen (secondary N) is 2. The Bertz CT molecular complexity index is 2220. The van der Waals surface area contributed by atoms with E-state index in [1.54, 1.807) is 24.9 Å². The van der Waals surface area contributed by atoms with E-state index in [1.807, 2.05) is 84.9 Å². The highest BCUT2D eigenvalue weighted by Crippen LogP contribution is 2.68. The zero-order valence-electron chi connectivity index (χ0n) is 26.3. The van der Waals surface area contributed by atoms with E-state index in [4.69, 9.17) is 9.47 Å². The van der Waals surface area contributed by atoms with Gasteiger partial charge in [0.1, 0.15) is 0 Å². The van der Waals surface area contributed by atoms with Gasteiger partial charge in [-0.1, -0.05) is 65.9 Å². The SMILES string of the molecule is COc1cc([C@H]2c3sc(=O)[nH]c3SC3C2[C@H]2C[C@@H]3C3C(=O)N(c4ccccc4)C(=O)C32)ccc1OCC(=O)Nc1ccc2ccccc2c1. The van der Waals surface area contributed by atoms with Crippen molar-refractivity contribution in [2.45, 2.75) is 22.6 Å². The molecule has 1 aromatic heterocycles. The van der Waals surface area contributed by atoms with Gasteiger partial charge in [0, 0.05) is 21.7 Å². The molecule has 49 heavy (non-hydrogen) atoms. The largest absolute Gasteiger partial charge is 0.493 e. The monoisotopic (exact) mass is 689 g/mol. The van der Waals surface area contributed by atoms with Gasteiger partial charge in [-0.3, -0.25) is 24.1 Å². The molecule has 7 atom stereocenters. The molecule has 246 valence electrons. The van der Waals surface area contributed by atoms with Crippen molar-refractivity contribution in [1.82, 2.24) is 4.98 Å². The van der Waals surface area contributed by atoms with Crippen LogP contribution in [-0.4, -0.2) is 41.7 Å². The van der Waals surface area contributed by atoms with Crippen molar-refractivity contribution in [3.8, 4) is 11.5 Å². The second-order valence-corrected chi connectivity index (χ2v) is 15.3. The fraction of sp³-hybridized carbons (Fsp3) is 0.263. The predicted octanol–water partition coefficient (Wildman–Crippen LogP) is 6.29. The van der Waals surface area contributed by atoms with E-state index in [9.17, 15) is 19.2 Å². The molecule has 9 rings (SSSR count). The molecule has 3 amide bonds. The third-order valence-electron chi connectivity index (χ3n) is 10.7. The van der Waals surface area contributed by atoms with Gasteiger partial charge >= 0.3 is 4.87 Å². The molecule has 11 heteroatoms. The first-order valence-electron chi connectivity index (χ1n) is 16.3. The number of amides is 3. The van der Waals surface area contributed by atoms with Crippen molar-refractivity contribution < 1.29 is 23.9 Å². The maximum atomic E-state index is 14.0. The summed E-state index contributed by atoms with van der Waals surface area (Å²) in [5.74, 6) is -0.476. The maximum absolute atomic E-state index is 14.0. The first-order valence-corrected chi connectivity index (χ1v) is 18.0. The Labute approximate surface area is 289 Å². The number of imide groups is 1. The van der Waals surface area contributed by atoms with E-state index in [-0.39, 0.29) is 70.0 Å². The Morgan fingerprint density at radius 1 is 0.878 bits per heavy atom. The first kappa shape index (κ1) is 30.2. The Hall–Kier alpha value is -4.87. The van der Waals surface area contributed by atoms with Crippen LogP contribution < -0.4 is 24.6 Å². The van der Waals surface area contributed by atoms with E-state index in [1.165, 1.54) is 16.2 Å². The average molecular weight is 690 g/mol. The van der Waals surface area contributed by atoms with Crippen molar-refractivity contribution in [3.05, 3.63) is 111 Å². The van der Waals surface area contributed by atoms with Crippen molar-refractivity contribution >= 4 is 63.0 Å². The topological polar surface area (TPSA) is 118 Å². The molecule has 2 saturated carbocycles. The number of thioether (sulfide) groups is 1. The van der Waals surface area contributed by atoms with Crippen LogP contribution in [0, 0.1) is 29.6 Å². The summed E-state index contributed by atoms with van der Waals surface area (Å²) in [5.41, 5.74) is 2.24.